The summed E-state index contributed by atoms with van der Waals surface area (Å²) < 4.78 is 12.5. The topological polar surface area (TPSA) is 106 Å². The van der Waals surface area contributed by atoms with Crippen molar-refractivity contribution < 1.29 is 13.9 Å². The molecule has 2 aromatic carbocycles. The molecule has 0 saturated carbocycles. The highest BCUT2D eigenvalue weighted by Gasteiger charge is 2.15. The molecule has 8 nitrogen and oxygen atoms in total. The van der Waals surface area contributed by atoms with E-state index < -0.39 is 17.2 Å². The van der Waals surface area contributed by atoms with Crippen molar-refractivity contribution in [2.45, 2.75) is 6.54 Å². The number of methoxy groups -OCH3 is 1. The largest absolute Gasteiger partial charge is 0.495 e. The average molecular weight is 444 g/mol. The molecular weight excluding hydrogens is 430 g/mol. The number of anilines is 1. The van der Waals surface area contributed by atoms with E-state index in [1.807, 2.05) is 24.3 Å². The second kappa shape index (κ2) is 7.01. The van der Waals surface area contributed by atoms with E-state index >= 15 is 0 Å². The summed E-state index contributed by atoms with van der Waals surface area (Å²) in [5.74, 6) is -0.00258. The third-order valence-corrected chi connectivity index (χ3v) is 4.82. The SMILES string of the molecule is COc1cc2c(cc1NC(=O)Cn1cc(Br)c(=O)[nH]c1=O)oc1ccccc12. The number of H-pyrrole nitrogens is 1. The van der Waals surface area contributed by atoms with Crippen LogP contribution in [-0.4, -0.2) is 22.6 Å². The summed E-state index contributed by atoms with van der Waals surface area (Å²) in [6.07, 6.45) is 1.26. The number of benzene rings is 2. The van der Waals surface area contributed by atoms with E-state index in [2.05, 4.69) is 26.2 Å². The van der Waals surface area contributed by atoms with Gasteiger partial charge in [0.15, 0.2) is 0 Å². The van der Waals surface area contributed by atoms with E-state index in [0.717, 1.165) is 20.9 Å². The van der Waals surface area contributed by atoms with Gasteiger partial charge in [-0.3, -0.25) is 19.1 Å². The minimum absolute atomic E-state index is 0.154. The van der Waals surface area contributed by atoms with Crippen LogP contribution in [0.2, 0.25) is 0 Å². The molecule has 0 aliphatic heterocycles. The molecule has 0 aliphatic carbocycles. The third-order valence-electron chi connectivity index (χ3n) is 4.25. The van der Waals surface area contributed by atoms with Crippen LogP contribution in [0.25, 0.3) is 21.9 Å². The van der Waals surface area contributed by atoms with Gasteiger partial charge in [0.25, 0.3) is 5.56 Å². The zero-order valence-corrected chi connectivity index (χ0v) is 16.2. The van der Waals surface area contributed by atoms with E-state index in [-0.39, 0.29) is 11.0 Å². The molecule has 9 heteroatoms. The van der Waals surface area contributed by atoms with Gasteiger partial charge in [-0.2, -0.15) is 0 Å². The number of fused-ring (bicyclic) bond motifs is 3. The Kier molecular flexibility index (Phi) is 4.52. The van der Waals surface area contributed by atoms with Crippen molar-refractivity contribution in [3.05, 3.63) is 67.9 Å². The van der Waals surface area contributed by atoms with E-state index in [4.69, 9.17) is 9.15 Å². The van der Waals surface area contributed by atoms with Crippen molar-refractivity contribution in [1.82, 2.24) is 9.55 Å². The van der Waals surface area contributed by atoms with Crippen LogP contribution in [0.3, 0.4) is 0 Å². The Bertz CT molecular complexity index is 1340. The maximum absolute atomic E-state index is 12.4. The van der Waals surface area contributed by atoms with Gasteiger partial charge in [-0.25, -0.2) is 4.79 Å². The monoisotopic (exact) mass is 443 g/mol. The molecule has 0 fully saturated rings. The lowest BCUT2D eigenvalue weighted by atomic mass is 10.1. The summed E-state index contributed by atoms with van der Waals surface area (Å²) >= 11 is 3.04. The lowest BCUT2D eigenvalue weighted by Gasteiger charge is -2.11. The number of aromatic amines is 1. The minimum Gasteiger partial charge on any atom is -0.495 e. The number of para-hydroxylation sites is 1. The molecule has 2 aromatic heterocycles. The number of furan rings is 1. The quantitative estimate of drug-likeness (QED) is 0.504. The van der Waals surface area contributed by atoms with Crippen molar-refractivity contribution in [2.75, 3.05) is 12.4 Å². The molecule has 0 aliphatic rings. The van der Waals surface area contributed by atoms with E-state index in [1.54, 1.807) is 12.1 Å². The highest BCUT2D eigenvalue weighted by molar-refractivity contribution is 9.10. The van der Waals surface area contributed by atoms with E-state index in [9.17, 15) is 14.4 Å². The molecule has 0 spiro atoms. The standard InChI is InChI=1S/C19H14BrN3O5/c1-27-16-6-11-10-4-2-3-5-14(10)28-15(11)7-13(16)21-17(24)9-23-8-12(20)18(25)22-19(23)26/h2-8H,9H2,1H3,(H,21,24)(H,22,25,26). The van der Waals surface area contributed by atoms with Crippen LogP contribution < -0.4 is 21.3 Å². The first-order chi connectivity index (χ1) is 13.5. The summed E-state index contributed by atoms with van der Waals surface area (Å²) in [6, 6.07) is 11.1. The maximum atomic E-state index is 12.4. The van der Waals surface area contributed by atoms with Crippen LogP contribution in [-0.2, 0) is 11.3 Å². The number of ether oxygens (including phenoxy) is 1. The highest BCUT2D eigenvalue weighted by atomic mass is 79.9. The number of nitrogens with one attached hydrogen (secondary N) is 2. The molecule has 2 heterocycles. The van der Waals surface area contributed by atoms with Gasteiger partial charge in [-0.05, 0) is 28.1 Å². The number of amides is 1. The van der Waals surface area contributed by atoms with Gasteiger partial charge in [0.1, 0.15) is 23.5 Å². The van der Waals surface area contributed by atoms with Crippen LogP contribution in [0, 0.1) is 0 Å². The molecule has 0 atom stereocenters. The lowest BCUT2D eigenvalue weighted by Crippen LogP contribution is -2.33. The van der Waals surface area contributed by atoms with Gasteiger partial charge >= 0.3 is 5.69 Å². The number of rotatable bonds is 4. The molecule has 0 unspecified atom stereocenters. The predicted molar refractivity (Wildman–Crippen MR) is 108 cm³/mol. The summed E-state index contributed by atoms with van der Waals surface area (Å²) in [5.41, 5.74) is 0.506. The van der Waals surface area contributed by atoms with Crippen molar-refractivity contribution in [2.24, 2.45) is 0 Å². The summed E-state index contributed by atoms with van der Waals surface area (Å²) in [6.45, 7) is -0.282. The van der Waals surface area contributed by atoms with Crippen LogP contribution >= 0.6 is 15.9 Å². The molecule has 2 N–H and O–H groups in total. The normalized spacial score (nSPS) is 11.1. The first-order valence-corrected chi connectivity index (χ1v) is 9.04. The van der Waals surface area contributed by atoms with Gasteiger partial charge in [0.2, 0.25) is 5.91 Å². The zero-order chi connectivity index (χ0) is 19.8. The number of hydrogen-bond donors (Lipinski definition) is 2. The molecule has 0 radical (unpaired) electrons. The molecular formula is C19H14BrN3O5. The van der Waals surface area contributed by atoms with Gasteiger partial charge in [0, 0.05) is 23.0 Å². The number of halogens is 1. The minimum atomic E-state index is -0.678. The fraction of sp³-hybridized carbons (Fsp3) is 0.105. The van der Waals surface area contributed by atoms with Crippen LogP contribution in [0.4, 0.5) is 5.69 Å². The van der Waals surface area contributed by atoms with Gasteiger partial charge in [-0.15, -0.1) is 0 Å². The van der Waals surface area contributed by atoms with E-state index in [1.165, 1.54) is 13.3 Å². The Hall–Kier alpha value is -3.33. The Balaban J connectivity index is 1.68. The van der Waals surface area contributed by atoms with E-state index in [0.29, 0.717) is 17.0 Å². The van der Waals surface area contributed by atoms with Crippen molar-refractivity contribution in [1.29, 1.82) is 0 Å². The number of hydrogen-bond acceptors (Lipinski definition) is 5. The second-order valence-electron chi connectivity index (χ2n) is 6.06. The predicted octanol–water partition coefficient (Wildman–Crippen LogP) is 2.85. The second-order valence-corrected chi connectivity index (χ2v) is 6.91. The van der Waals surface area contributed by atoms with Crippen molar-refractivity contribution in [3.8, 4) is 5.75 Å². The van der Waals surface area contributed by atoms with Crippen LogP contribution in [0.1, 0.15) is 0 Å². The summed E-state index contributed by atoms with van der Waals surface area (Å²) in [7, 11) is 1.50. The molecule has 1 amide bonds. The Morgan fingerprint density at radius 3 is 2.79 bits per heavy atom. The maximum Gasteiger partial charge on any atom is 0.328 e. The number of nitrogens with zero attached hydrogens (tertiary/aromatic N) is 1. The Morgan fingerprint density at radius 1 is 1.21 bits per heavy atom. The molecule has 0 saturated heterocycles. The fourth-order valence-corrected chi connectivity index (χ4v) is 3.31. The highest BCUT2D eigenvalue weighted by Crippen LogP contribution is 2.36. The molecule has 4 rings (SSSR count). The van der Waals surface area contributed by atoms with Crippen molar-refractivity contribution >= 4 is 49.5 Å². The number of carbonyl (C=O) groups is 1. The Labute approximate surface area is 165 Å². The molecule has 0 bridgehead atoms. The van der Waals surface area contributed by atoms with Crippen molar-refractivity contribution in [3.63, 3.8) is 0 Å². The van der Waals surface area contributed by atoms with Gasteiger partial charge in [0.05, 0.1) is 17.3 Å². The number of carbonyl (C=O) groups excluding carboxylic acids is 1. The smallest absolute Gasteiger partial charge is 0.328 e. The number of aromatic nitrogens is 2. The lowest BCUT2D eigenvalue weighted by molar-refractivity contribution is -0.116. The first kappa shape index (κ1) is 18.1. The molecule has 4 aromatic rings. The van der Waals surface area contributed by atoms with Crippen LogP contribution in [0.15, 0.2) is 61.1 Å². The van der Waals surface area contributed by atoms with Crippen LogP contribution in [0.5, 0.6) is 5.75 Å². The summed E-state index contributed by atoms with van der Waals surface area (Å²) in [5, 5.41) is 4.53. The van der Waals surface area contributed by atoms with Gasteiger partial charge in [-0.1, -0.05) is 18.2 Å². The molecule has 142 valence electrons. The summed E-state index contributed by atoms with van der Waals surface area (Å²) in [4.78, 5) is 37.8. The zero-order valence-electron chi connectivity index (χ0n) is 14.6. The van der Waals surface area contributed by atoms with Gasteiger partial charge < -0.3 is 14.5 Å². The first-order valence-electron chi connectivity index (χ1n) is 8.24. The Morgan fingerprint density at radius 2 is 2.00 bits per heavy atom. The average Bonchev–Trinajstić information content (AvgIpc) is 3.02. The molecule has 28 heavy (non-hydrogen) atoms. The fourth-order valence-electron chi connectivity index (χ4n) is 2.96. The third kappa shape index (κ3) is 3.20.